The fraction of sp³-hybridized carbons (Fsp3) is 0.909. The van der Waals surface area contributed by atoms with Crippen molar-refractivity contribution >= 4 is 6.03 Å². The highest BCUT2D eigenvalue weighted by Crippen LogP contribution is 2.18. The molecule has 1 saturated heterocycles. The van der Waals surface area contributed by atoms with Crippen molar-refractivity contribution < 1.29 is 9.53 Å². The van der Waals surface area contributed by atoms with Crippen LogP contribution in [0.4, 0.5) is 4.79 Å². The van der Waals surface area contributed by atoms with Gasteiger partial charge in [0.05, 0.1) is 12.7 Å². The third-order valence-corrected chi connectivity index (χ3v) is 3.07. The van der Waals surface area contributed by atoms with Gasteiger partial charge in [0.15, 0.2) is 0 Å². The van der Waals surface area contributed by atoms with Gasteiger partial charge >= 0.3 is 6.03 Å². The monoisotopic (exact) mass is 227 g/mol. The fourth-order valence-corrected chi connectivity index (χ4v) is 1.86. The molecule has 1 heterocycles. The van der Waals surface area contributed by atoms with E-state index in [1.54, 1.807) is 0 Å². The molecule has 2 amide bonds. The van der Waals surface area contributed by atoms with E-state index in [-0.39, 0.29) is 12.1 Å². The smallest absolute Gasteiger partial charge is 0.315 e. The summed E-state index contributed by atoms with van der Waals surface area (Å²) in [4.78, 5) is 13.7. The van der Waals surface area contributed by atoms with Gasteiger partial charge in [-0.2, -0.15) is 0 Å². The maximum absolute atomic E-state index is 11.4. The average molecular weight is 227 g/mol. The molecule has 1 aliphatic carbocycles. The van der Waals surface area contributed by atoms with Crippen molar-refractivity contribution in [3.63, 3.8) is 0 Å². The summed E-state index contributed by atoms with van der Waals surface area (Å²) in [5.74, 6) is 0. The van der Waals surface area contributed by atoms with Crippen LogP contribution in [0.3, 0.4) is 0 Å². The van der Waals surface area contributed by atoms with Gasteiger partial charge in [0.25, 0.3) is 0 Å². The predicted molar refractivity (Wildman–Crippen MR) is 61.4 cm³/mol. The minimum absolute atomic E-state index is 0.0558. The summed E-state index contributed by atoms with van der Waals surface area (Å²) in [6.07, 6.45) is 2.38. The van der Waals surface area contributed by atoms with E-state index in [4.69, 9.17) is 4.74 Å². The minimum atomic E-state index is -0.0558. The third kappa shape index (κ3) is 3.64. The van der Waals surface area contributed by atoms with E-state index in [1.165, 1.54) is 0 Å². The van der Waals surface area contributed by atoms with Crippen molar-refractivity contribution in [2.45, 2.75) is 31.9 Å². The SMILES string of the molecule is CCN1CCOC(CNC(=O)NC2CC2)C1. The Morgan fingerprint density at radius 2 is 2.31 bits per heavy atom. The van der Waals surface area contributed by atoms with Crippen molar-refractivity contribution in [1.29, 1.82) is 0 Å². The molecule has 2 rings (SSSR count). The summed E-state index contributed by atoms with van der Waals surface area (Å²) in [6.45, 7) is 6.49. The number of likely N-dealkylation sites (N-methyl/N-ethyl adjacent to an activating group) is 1. The average Bonchev–Trinajstić information content (AvgIpc) is 3.10. The first-order valence-corrected chi connectivity index (χ1v) is 6.16. The number of carbonyl (C=O) groups is 1. The van der Waals surface area contributed by atoms with Gasteiger partial charge in [-0.15, -0.1) is 0 Å². The summed E-state index contributed by atoms with van der Waals surface area (Å²) in [5.41, 5.74) is 0. The van der Waals surface area contributed by atoms with E-state index in [1.807, 2.05) is 0 Å². The predicted octanol–water partition coefficient (Wildman–Crippen LogP) is 0.169. The molecule has 1 saturated carbocycles. The molecule has 1 atom stereocenters. The van der Waals surface area contributed by atoms with Gasteiger partial charge in [-0.05, 0) is 19.4 Å². The van der Waals surface area contributed by atoms with Gasteiger partial charge in [-0.3, -0.25) is 4.90 Å². The molecule has 5 heteroatoms. The zero-order valence-electron chi connectivity index (χ0n) is 9.87. The lowest BCUT2D eigenvalue weighted by atomic mass is 10.2. The molecule has 2 fully saturated rings. The summed E-state index contributed by atoms with van der Waals surface area (Å²) in [5, 5.41) is 5.77. The van der Waals surface area contributed by atoms with Crippen LogP contribution < -0.4 is 10.6 Å². The Bertz CT molecular complexity index is 243. The molecule has 0 radical (unpaired) electrons. The Morgan fingerprint density at radius 3 is 3.00 bits per heavy atom. The van der Waals surface area contributed by atoms with Gasteiger partial charge in [0.1, 0.15) is 0 Å². The summed E-state index contributed by atoms with van der Waals surface area (Å²) >= 11 is 0. The second-order valence-electron chi connectivity index (χ2n) is 4.51. The lowest BCUT2D eigenvalue weighted by Gasteiger charge is -2.32. The Labute approximate surface area is 96.5 Å². The van der Waals surface area contributed by atoms with Crippen molar-refractivity contribution in [3.05, 3.63) is 0 Å². The first-order valence-electron chi connectivity index (χ1n) is 6.16. The molecule has 0 aromatic carbocycles. The Balaban J connectivity index is 1.62. The first kappa shape index (κ1) is 11.7. The molecule has 5 nitrogen and oxygen atoms in total. The van der Waals surface area contributed by atoms with Gasteiger partial charge in [-0.1, -0.05) is 6.92 Å². The number of nitrogens with zero attached hydrogens (tertiary/aromatic N) is 1. The highest BCUT2D eigenvalue weighted by Gasteiger charge is 2.24. The Kier molecular flexibility index (Phi) is 4.01. The highest BCUT2D eigenvalue weighted by molar-refractivity contribution is 5.74. The van der Waals surface area contributed by atoms with Crippen LogP contribution in [0.2, 0.25) is 0 Å². The first-order chi connectivity index (χ1) is 7.78. The lowest BCUT2D eigenvalue weighted by molar-refractivity contribution is -0.0239. The van der Waals surface area contributed by atoms with Crippen LogP contribution in [0.15, 0.2) is 0 Å². The molecular weight excluding hydrogens is 206 g/mol. The van der Waals surface area contributed by atoms with Gasteiger partial charge in [0.2, 0.25) is 0 Å². The zero-order valence-corrected chi connectivity index (χ0v) is 9.87. The molecule has 0 spiro atoms. The number of hydrogen-bond donors (Lipinski definition) is 2. The summed E-state index contributed by atoms with van der Waals surface area (Å²) < 4.78 is 5.60. The zero-order chi connectivity index (χ0) is 11.4. The van der Waals surface area contributed by atoms with E-state index in [9.17, 15) is 4.79 Å². The van der Waals surface area contributed by atoms with Crippen LogP contribution in [-0.2, 0) is 4.74 Å². The third-order valence-electron chi connectivity index (χ3n) is 3.07. The van der Waals surface area contributed by atoms with E-state index in [0.717, 1.165) is 39.1 Å². The van der Waals surface area contributed by atoms with Crippen LogP contribution >= 0.6 is 0 Å². The van der Waals surface area contributed by atoms with E-state index in [2.05, 4.69) is 22.5 Å². The van der Waals surface area contributed by atoms with Crippen LogP contribution in [0.25, 0.3) is 0 Å². The number of ether oxygens (including phenoxy) is 1. The second kappa shape index (κ2) is 5.50. The maximum atomic E-state index is 11.4. The van der Waals surface area contributed by atoms with Crippen LogP contribution in [-0.4, -0.2) is 55.9 Å². The number of nitrogens with one attached hydrogen (secondary N) is 2. The number of hydrogen-bond acceptors (Lipinski definition) is 3. The molecule has 16 heavy (non-hydrogen) atoms. The summed E-state index contributed by atoms with van der Waals surface area (Å²) in [6, 6.07) is 0.360. The topological polar surface area (TPSA) is 53.6 Å². The maximum Gasteiger partial charge on any atom is 0.315 e. The van der Waals surface area contributed by atoms with E-state index >= 15 is 0 Å². The normalized spacial score (nSPS) is 26.4. The number of morpholine rings is 1. The van der Waals surface area contributed by atoms with Crippen molar-refractivity contribution in [2.24, 2.45) is 0 Å². The largest absolute Gasteiger partial charge is 0.374 e. The van der Waals surface area contributed by atoms with Crippen LogP contribution in [0, 0.1) is 0 Å². The number of carbonyl (C=O) groups excluding carboxylic acids is 1. The van der Waals surface area contributed by atoms with Gasteiger partial charge in [-0.25, -0.2) is 4.79 Å². The molecule has 0 aromatic rings. The van der Waals surface area contributed by atoms with E-state index in [0.29, 0.717) is 12.6 Å². The van der Waals surface area contributed by atoms with Gasteiger partial charge in [0, 0.05) is 25.7 Å². The molecule has 2 N–H and O–H groups in total. The quantitative estimate of drug-likeness (QED) is 0.720. The lowest BCUT2D eigenvalue weighted by Crippen LogP contribution is -2.49. The minimum Gasteiger partial charge on any atom is -0.374 e. The molecule has 0 aromatic heterocycles. The highest BCUT2D eigenvalue weighted by atomic mass is 16.5. The standard InChI is InChI=1S/C11H21N3O2/c1-2-14-5-6-16-10(8-14)7-12-11(15)13-9-3-4-9/h9-10H,2-8H2,1H3,(H2,12,13,15). The molecule has 0 bridgehead atoms. The number of rotatable bonds is 4. The molecule has 2 aliphatic rings. The van der Waals surface area contributed by atoms with Crippen LogP contribution in [0.1, 0.15) is 19.8 Å². The Morgan fingerprint density at radius 1 is 1.50 bits per heavy atom. The van der Waals surface area contributed by atoms with Crippen molar-refractivity contribution in [1.82, 2.24) is 15.5 Å². The number of amides is 2. The second-order valence-corrected chi connectivity index (χ2v) is 4.51. The van der Waals surface area contributed by atoms with Crippen molar-refractivity contribution in [2.75, 3.05) is 32.8 Å². The molecule has 92 valence electrons. The summed E-state index contributed by atoms with van der Waals surface area (Å²) in [7, 11) is 0. The van der Waals surface area contributed by atoms with Crippen molar-refractivity contribution in [3.8, 4) is 0 Å². The Hall–Kier alpha value is -0.810. The molecular formula is C11H21N3O2. The number of urea groups is 1. The molecule has 1 aliphatic heterocycles. The van der Waals surface area contributed by atoms with Crippen LogP contribution in [0.5, 0.6) is 0 Å². The van der Waals surface area contributed by atoms with E-state index < -0.39 is 0 Å². The molecule has 1 unspecified atom stereocenters. The van der Waals surface area contributed by atoms with Gasteiger partial charge < -0.3 is 15.4 Å². The fourth-order valence-electron chi connectivity index (χ4n) is 1.86.